The molecule has 0 atom stereocenters. The second-order valence-electron chi connectivity index (χ2n) is 23.9. The van der Waals surface area contributed by atoms with E-state index in [1.807, 2.05) is 0 Å². The molecule has 15 aromatic rings. The van der Waals surface area contributed by atoms with Gasteiger partial charge in [0.2, 0.25) is 0 Å². The quantitative estimate of drug-likeness (QED) is 0.0892. The largest absolute Gasteiger partial charge is 0.311 e. The molecule has 0 radical (unpaired) electrons. The van der Waals surface area contributed by atoms with Crippen molar-refractivity contribution < 1.29 is 0 Å². The van der Waals surface area contributed by atoms with Gasteiger partial charge in [-0.1, -0.05) is 303 Å². The van der Waals surface area contributed by atoms with Gasteiger partial charge in [-0.15, -0.1) is 0 Å². The lowest BCUT2D eigenvalue weighted by molar-refractivity contribution is 1.16. The third-order valence-electron chi connectivity index (χ3n) is 19.3. The second-order valence-corrected chi connectivity index (χ2v) is 31.5. The summed E-state index contributed by atoms with van der Waals surface area (Å²) in [6, 6.07) is 137. The number of hydrogen-bond acceptors (Lipinski definition) is 2. The van der Waals surface area contributed by atoms with Gasteiger partial charge >= 0.3 is 0 Å². The molecule has 0 saturated heterocycles. The Morgan fingerprint density at radius 1 is 0.222 bits per heavy atom. The van der Waals surface area contributed by atoms with E-state index < -0.39 is 16.1 Å². The molecule has 0 bridgehead atoms. The average Bonchev–Trinajstić information content (AvgIpc) is 0.791. The second kappa shape index (κ2) is 22.0. The van der Waals surface area contributed by atoms with Crippen LogP contribution in [0.15, 0.2) is 364 Å². The molecule has 3 heterocycles. The van der Waals surface area contributed by atoms with Gasteiger partial charge in [0, 0.05) is 44.9 Å². The van der Waals surface area contributed by atoms with Gasteiger partial charge in [0.25, 0.3) is 6.71 Å². The van der Waals surface area contributed by atoms with Crippen molar-refractivity contribution in [3.8, 4) is 16.8 Å². The summed E-state index contributed by atoms with van der Waals surface area (Å²) in [4.78, 5) is 5.17. The van der Waals surface area contributed by atoms with E-state index in [0.29, 0.717) is 0 Å². The maximum Gasteiger partial charge on any atom is 0.252 e. The fourth-order valence-electron chi connectivity index (χ4n) is 15.5. The minimum Gasteiger partial charge on any atom is -0.311 e. The minimum atomic E-state index is -2.86. The van der Waals surface area contributed by atoms with Crippen molar-refractivity contribution in [2.75, 3.05) is 9.80 Å². The van der Waals surface area contributed by atoms with E-state index in [-0.39, 0.29) is 6.71 Å². The molecule has 14 aromatic carbocycles. The van der Waals surface area contributed by atoms with Crippen molar-refractivity contribution in [3.63, 3.8) is 0 Å². The SMILES string of the molecule is c1ccc(-c2ccc3c(c2)B2c4ccccc4N(c4ccc([Si](c5ccccc5)(c5ccccc5)c5ccccc5)cc4)c4cc(-n5c6ccccc6c6ccccc65)cc(c42)N3c2ccc([Si](c3ccccc3)(c3ccccc3)c3ccccc3)cc2)cc1. The third-order valence-corrected chi connectivity index (χ3v) is 28.9. The van der Waals surface area contributed by atoms with Crippen LogP contribution < -0.4 is 67.7 Å². The van der Waals surface area contributed by atoms with E-state index in [0.717, 1.165) is 28.4 Å². The lowest BCUT2D eigenvalue weighted by atomic mass is 9.33. The zero-order valence-electron chi connectivity index (χ0n) is 49.6. The number of rotatable bonds is 12. The van der Waals surface area contributed by atoms with Crippen molar-refractivity contribution in [1.82, 2.24) is 4.57 Å². The van der Waals surface area contributed by atoms with Crippen LogP contribution in [0.3, 0.4) is 0 Å². The van der Waals surface area contributed by atoms with Crippen LogP contribution in [-0.2, 0) is 0 Å². The van der Waals surface area contributed by atoms with Gasteiger partial charge < -0.3 is 14.4 Å². The topological polar surface area (TPSA) is 11.4 Å². The van der Waals surface area contributed by atoms with Crippen molar-refractivity contribution in [2.45, 2.75) is 0 Å². The van der Waals surface area contributed by atoms with E-state index in [1.165, 1.54) is 102 Å². The minimum absolute atomic E-state index is 0.105. The van der Waals surface area contributed by atoms with Gasteiger partial charge in [0.1, 0.15) is 0 Å². The summed E-state index contributed by atoms with van der Waals surface area (Å²) in [5.41, 5.74) is 16.5. The summed E-state index contributed by atoms with van der Waals surface area (Å²) in [5, 5.41) is 13.2. The number of hydrogen-bond donors (Lipinski definition) is 0. The first-order valence-corrected chi connectivity index (χ1v) is 35.3. The smallest absolute Gasteiger partial charge is 0.252 e. The molecule has 422 valence electrons. The Balaban J connectivity index is 0.937. The standard InChI is InChI=1S/C84H60BN3Si2/c1-8-28-61(29-9-1)62-48-57-81-77(58-62)85-76-44-24-27-47-80(76)86(63-49-53-72(54-50-63)89(66-30-10-2-11-31-66,67-32-12-3-13-33-67)68-34-14-4-15-35-68)82-59-65(88-78-45-25-22-42-74(78)75-43-23-26-46-79(75)88)60-83(84(82)85)87(81)64-51-55-73(56-52-64)90(69-36-16-5-17-37-69,70-38-18-6-19-39-70)71-40-20-7-21-41-71/h1-60H. The highest BCUT2D eigenvalue weighted by Gasteiger charge is 2.46. The molecule has 0 N–H and O–H groups in total. The van der Waals surface area contributed by atoms with E-state index in [2.05, 4.69) is 378 Å². The molecular weight excluding hydrogens is 1120 g/mol. The van der Waals surface area contributed by atoms with E-state index in [1.54, 1.807) is 0 Å². The van der Waals surface area contributed by atoms with E-state index in [9.17, 15) is 0 Å². The Morgan fingerprint density at radius 2 is 0.556 bits per heavy atom. The van der Waals surface area contributed by atoms with Crippen molar-refractivity contribution in [1.29, 1.82) is 0 Å². The molecule has 0 unspecified atom stereocenters. The molecule has 0 aliphatic carbocycles. The number of nitrogens with zero attached hydrogens (tertiary/aromatic N) is 3. The highest BCUT2D eigenvalue weighted by atomic mass is 28.3. The first-order chi connectivity index (χ1) is 44.7. The molecule has 90 heavy (non-hydrogen) atoms. The predicted molar refractivity (Wildman–Crippen MR) is 387 cm³/mol. The van der Waals surface area contributed by atoms with Crippen molar-refractivity contribution >= 4 is 137 Å². The fraction of sp³-hybridized carbons (Fsp3) is 0. The molecule has 17 rings (SSSR count). The van der Waals surface area contributed by atoms with Crippen LogP contribution >= 0.6 is 0 Å². The van der Waals surface area contributed by atoms with Crippen molar-refractivity contribution in [2.24, 2.45) is 0 Å². The van der Waals surface area contributed by atoms with Crippen molar-refractivity contribution in [3.05, 3.63) is 364 Å². The molecule has 2 aliphatic rings. The zero-order chi connectivity index (χ0) is 59.6. The van der Waals surface area contributed by atoms with Crippen LogP contribution in [0.4, 0.5) is 34.1 Å². The molecular formula is C84H60BN3Si2. The Morgan fingerprint density at radius 3 is 0.967 bits per heavy atom. The summed E-state index contributed by atoms with van der Waals surface area (Å²) in [5.74, 6) is 0. The predicted octanol–water partition coefficient (Wildman–Crippen LogP) is 13.3. The lowest BCUT2D eigenvalue weighted by Gasteiger charge is -2.44. The Labute approximate surface area is 528 Å². The maximum absolute atomic E-state index is 2.86. The zero-order valence-corrected chi connectivity index (χ0v) is 51.6. The maximum atomic E-state index is 2.59. The molecule has 0 spiro atoms. The molecule has 6 heteroatoms. The van der Waals surface area contributed by atoms with Crippen LogP contribution in [0.2, 0.25) is 0 Å². The molecule has 3 nitrogen and oxygen atoms in total. The van der Waals surface area contributed by atoms with Gasteiger partial charge in [0.15, 0.2) is 16.1 Å². The first kappa shape index (κ1) is 53.2. The number of para-hydroxylation sites is 3. The lowest BCUT2D eigenvalue weighted by Crippen LogP contribution is -2.74. The third kappa shape index (κ3) is 8.33. The van der Waals surface area contributed by atoms with E-state index in [4.69, 9.17) is 0 Å². The van der Waals surface area contributed by atoms with Gasteiger partial charge in [0.05, 0.1) is 16.7 Å². The Kier molecular flexibility index (Phi) is 13.0. The number of anilines is 6. The van der Waals surface area contributed by atoms with Gasteiger partial charge in [-0.25, -0.2) is 0 Å². The van der Waals surface area contributed by atoms with Gasteiger partial charge in [-0.05, 0) is 130 Å². The summed E-state index contributed by atoms with van der Waals surface area (Å²) in [6.07, 6.45) is 0. The number of fused-ring (bicyclic) bond motifs is 7. The Bertz CT molecular complexity index is 4840. The van der Waals surface area contributed by atoms with Gasteiger partial charge in [-0.2, -0.15) is 0 Å². The molecule has 2 aliphatic heterocycles. The summed E-state index contributed by atoms with van der Waals surface area (Å²) < 4.78 is 2.51. The first-order valence-electron chi connectivity index (χ1n) is 31.3. The molecule has 0 saturated carbocycles. The van der Waals surface area contributed by atoms with Gasteiger partial charge in [-0.3, -0.25) is 0 Å². The summed E-state index contributed by atoms with van der Waals surface area (Å²) >= 11 is 0. The molecule has 1 aromatic heterocycles. The number of aromatic nitrogens is 1. The summed E-state index contributed by atoms with van der Waals surface area (Å²) in [6.45, 7) is -0.105. The molecule has 0 fully saturated rings. The number of benzene rings is 14. The highest BCUT2D eigenvalue weighted by Crippen LogP contribution is 2.47. The monoisotopic (exact) mass is 1180 g/mol. The highest BCUT2D eigenvalue weighted by molar-refractivity contribution is 7.20. The van der Waals surface area contributed by atoms with Crippen LogP contribution in [0, 0.1) is 0 Å². The summed E-state index contributed by atoms with van der Waals surface area (Å²) in [7, 11) is -5.71. The van der Waals surface area contributed by atoms with Crippen LogP contribution in [-0.4, -0.2) is 27.4 Å². The average molecular weight is 1180 g/mol. The fourth-order valence-corrected chi connectivity index (χ4v) is 25.0. The normalized spacial score (nSPS) is 12.6. The molecule has 0 amide bonds. The van der Waals surface area contributed by atoms with E-state index >= 15 is 0 Å². The van der Waals surface area contributed by atoms with Crippen LogP contribution in [0.1, 0.15) is 0 Å². The Hall–Kier alpha value is -11.0. The van der Waals surface area contributed by atoms with Crippen LogP contribution in [0.25, 0.3) is 38.6 Å². The van der Waals surface area contributed by atoms with Crippen LogP contribution in [0.5, 0.6) is 0 Å².